The van der Waals surface area contributed by atoms with Gasteiger partial charge in [0.25, 0.3) is 5.91 Å². The number of halogens is 2. The summed E-state index contributed by atoms with van der Waals surface area (Å²) in [6.07, 6.45) is 0. The first kappa shape index (κ1) is 17.1. The zero-order valence-corrected chi connectivity index (χ0v) is 13.4. The lowest BCUT2D eigenvalue weighted by Gasteiger charge is -2.08. The summed E-state index contributed by atoms with van der Waals surface area (Å²) in [4.78, 5) is 23.4. The van der Waals surface area contributed by atoms with Gasteiger partial charge >= 0.3 is 5.97 Å². The van der Waals surface area contributed by atoms with E-state index in [0.717, 1.165) is 0 Å². The van der Waals surface area contributed by atoms with Crippen molar-refractivity contribution in [1.82, 2.24) is 5.32 Å². The lowest BCUT2D eigenvalue weighted by Crippen LogP contribution is -2.28. The minimum Gasteiger partial charge on any atom is -0.508 e. The van der Waals surface area contributed by atoms with E-state index in [1.165, 1.54) is 24.3 Å². The van der Waals surface area contributed by atoms with E-state index < -0.39 is 18.5 Å². The van der Waals surface area contributed by atoms with Crippen molar-refractivity contribution in [2.75, 3.05) is 6.61 Å². The van der Waals surface area contributed by atoms with Crippen LogP contribution in [0.15, 0.2) is 42.5 Å². The van der Waals surface area contributed by atoms with Crippen molar-refractivity contribution < 1.29 is 19.4 Å². The number of esters is 1. The number of hydrogen-bond acceptors (Lipinski definition) is 4. The Bertz CT molecular complexity index is 717. The third kappa shape index (κ3) is 5.16. The van der Waals surface area contributed by atoms with Gasteiger partial charge in [0.1, 0.15) is 5.75 Å². The maximum Gasteiger partial charge on any atom is 0.338 e. The molecule has 0 spiro atoms. The van der Waals surface area contributed by atoms with Gasteiger partial charge in [-0.15, -0.1) is 0 Å². The summed E-state index contributed by atoms with van der Waals surface area (Å²) < 4.78 is 4.88. The van der Waals surface area contributed by atoms with Crippen molar-refractivity contribution in [3.8, 4) is 5.75 Å². The van der Waals surface area contributed by atoms with Gasteiger partial charge < -0.3 is 15.2 Å². The maximum atomic E-state index is 11.7. The van der Waals surface area contributed by atoms with Gasteiger partial charge in [0.15, 0.2) is 6.61 Å². The Hall–Kier alpha value is -2.24. The fourth-order valence-corrected chi connectivity index (χ4v) is 2.20. The summed E-state index contributed by atoms with van der Waals surface area (Å²) in [6.45, 7) is -0.212. The molecule has 0 saturated carbocycles. The molecule has 0 bridgehead atoms. The number of ether oxygens (including phenoxy) is 1. The third-order valence-corrected chi connectivity index (χ3v) is 3.52. The summed E-state index contributed by atoms with van der Waals surface area (Å²) in [7, 11) is 0. The van der Waals surface area contributed by atoms with Crippen LogP contribution in [0.5, 0.6) is 5.75 Å². The number of carbonyl (C=O) groups is 2. The van der Waals surface area contributed by atoms with Gasteiger partial charge in [0.05, 0.1) is 5.56 Å². The summed E-state index contributed by atoms with van der Waals surface area (Å²) in [5, 5.41) is 12.7. The number of aromatic hydroxyl groups is 1. The lowest BCUT2D eigenvalue weighted by atomic mass is 10.2. The van der Waals surface area contributed by atoms with Crippen LogP contribution in [0, 0.1) is 0 Å². The number of benzene rings is 2. The predicted octanol–water partition coefficient (Wildman–Crippen LogP) is 3.17. The van der Waals surface area contributed by atoms with Crippen LogP contribution in [0.1, 0.15) is 15.9 Å². The van der Waals surface area contributed by atoms with Gasteiger partial charge in [-0.25, -0.2) is 4.79 Å². The van der Waals surface area contributed by atoms with Crippen LogP contribution in [-0.2, 0) is 16.1 Å². The van der Waals surface area contributed by atoms with Crippen molar-refractivity contribution in [2.24, 2.45) is 0 Å². The first-order valence-electron chi connectivity index (χ1n) is 6.62. The molecule has 2 rings (SSSR count). The molecule has 23 heavy (non-hydrogen) atoms. The van der Waals surface area contributed by atoms with E-state index in [9.17, 15) is 9.59 Å². The molecule has 0 radical (unpaired) electrons. The minimum absolute atomic E-state index is 0.0409. The summed E-state index contributed by atoms with van der Waals surface area (Å²) >= 11 is 11.8. The topological polar surface area (TPSA) is 75.6 Å². The van der Waals surface area contributed by atoms with E-state index in [0.29, 0.717) is 15.6 Å². The SMILES string of the molecule is O=C(COC(=O)c1ccc(O)cc1)NCc1ccc(Cl)cc1Cl. The van der Waals surface area contributed by atoms with Crippen LogP contribution in [0.3, 0.4) is 0 Å². The van der Waals surface area contributed by atoms with E-state index in [2.05, 4.69) is 5.32 Å². The summed E-state index contributed by atoms with van der Waals surface area (Å²) in [5.74, 6) is -1.06. The molecule has 0 aliphatic rings. The molecule has 120 valence electrons. The molecule has 0 unspecified atom stereocenters. The highest BCUT2D eigenvalue weighted by Crippen LogP contribution is 2.20. The first-order valence-corrected chi connectivity index (χ1v) is 7.38. The van der Waals surface area contributed by atoms with Crippen LogP contribution in [0.4, 0.5) is 0 Å². The average molecular weight is 354 g/mol. The van der Waals surface area contributed by atoms with Crippen molar-refractivity contribution in [3.63, 3.8) is 0 Å². The standard InChI is InChI=1S/C16H13Cl2NO4/c17-12-4-1-11(14(18)7-12)8-19-15(21)9-23-16(22)10-2-5-13(20)6-3-10/h1-7,20H,8-9H2,(H,19,21). The smallest absolute Gasteiger partial charge is 0.338 e. The number of amides is 1. The minimum atomic E-state index is -0.648. The zero-order chi connectivity index (χ0) is 16.8. The summed E-state index contributed by atoms with van der Waals surface area (Å²) in [6, 6.07) is 10.5. The third-order valence-electron chi connectivity index (χ3n) is 2.93. The molecule has 7 heteroatoms. The monoisotopic (exact) mass is 353 g/mol. The quantitative estimate of drug-likeness (QED) is 0.809. The Kier molecular flexibility index (Phi) is 5.84. The fourth-order valence-electron chi connectivity index (χ4n) is 1.72. The molecule has 0 saturated heterocycles. The molecule has 5 nitrogen and oxygen atoms in total. The Morgan fingerprint density at radius 2 is 1.78 bits per heavy atom. The molecule has 0 aliphatic heterocycles. The number of rotatable bonds is 5. The Morgan fingerprint density at radius 1 is 1.09 bits per heavy atom. The molecule has 0 aromatic heterocycles. The van der Waals surface area contributed by atoms with Crippen molar-refractivity contribution >= 4 is 35.1 Å². The number of phenolic OH excluding ortho intramolecular Hbond substituents is 1. The van der Waals surface area contributed by atoms with Gasteiger partial charge in [-0.1, -0.05) is 29.3 Å². The lowest BCUT2D eigenvalue weighted by molar-refractivity contribution is -0.124. The van der Waals surface area contributed by atoms with Gasteiger partial charge in [-0.3, -0.25) is 4.79 Å². The van der Waals surface area contributed by atoms with Crippen LogP contribution in [-0.4, -0.2) is 23.6 Å². The Balaban J connectivity index is 1.81. The van der Waals surface area contributed by atoms with Crippen LogP contribution >= 0.6 is 23.2 Å². The number of hydrogen-bond donors (Lipinski definition) is 2. The maximum absolute atomic E-state index is 11.7. The van der Waals surface area contributed by atoms with E-state index in [4.69, 9.17) is 33.0 Å². The van der Waals surface area contributed by atoms with Crippen LogP contribution < -0.4 is 5.32 Å². The highest BCUT2D eigenvalue weighted by atomic mass is 35.5. The van der Waals surface area contributed by atoms with E-state index in [-0.39, 0.29) is 17.9 Å². The van der Waals surface area contributed by atoms with E-state index in [1.807, 2.05) is 0 Å². The van der Waals surface area contributed by atoms with Crippen LogP contribution in [0.2, 0.25) is 10.0 Å². The van der Waals surface area contributed by atoms with E-state index >= 15 is 0 Å². The highest BCUT2D eigenvalue weighted by molar-refractivity contribution is 6.35. The molecular formula is C16H13Cl2NO4. The normalized spacial score (nSPS) is 10.2. The largest absolute Gasteiger partial charge is 0.508 e. The Labute approximate surface area is 142 Å². The van der Waals surface area contributed by atoms with Gasteiger partial charge in [-0.05, 0) is 42.0 Å². The second-order valence-corrected chi connectivity index (χ2v) is 5.48. The average Bonchev–Trinajstić information content (AvgIpc) is 2.52. The van der Waals surface area contributed by atoms with Crippen molar-refractivity contribution in [3.05, 3.63) is 63.6 Å². The van der Waals surface area contributed by atoms with Crippen molar-refractivity contribution in [1.29, 1.82) is 0 Å². The second-order valence-electron chi connectivity index (χ2n) is 4.64. The molecule has 2 N–H and O–H groups in total. The van der Waals surface area contributed by atoms with Gasteiger partial charge in [-0.2, -0.15) is 0 Å². The molecule has 0 atom stereocenters. The zero-order valence-electron chi connectivity index (χ0n) is 11.9. The second kappa shape index (κ2) is 7.85. The van der Waals surface area contributed by atoms with E-state index in [1.54, 1.807) is 18.2 Å². The predicted molar refractivity (Wildman–Crippen MR) is 86.7 cm³/mol. The molecular weight excluding hydrogens is 341 g/mol. The van der Waals surface area contributed by atoms with Gasteiger partial charge in [0, 0.05) is 16.6 Å². The number of phenols is 1. The Morgan fingerprint density at radius 3 is 2.43 bits per heavy atom. The van der Waals surface area contributed by atoms with Crippen molar-refractivity contribution in [2.45, 2.75) is 6.54 Å². The molecule has 0 heterocycles. The van der Waals surface area contributed by atoms with Crippen LogP contribution in [0.25, 0.3) is 0 Å². The molecule has 0 fully saturated rings. The molecule has 1 amide bonds. The number of nitrogens with one attached hydrogen (secondary N) is 1. The summed E-state index contributed by atoms with van der Waals surface area (Å²) in [5.41, 5.74) is 0.950. The molecule has 2 aromatic carbocycles. The molecule has 0 aliphatic carbocycles. The number of carbonyl (C=O) groups excluding carboxylic acids is 2. The first-order chi connectivity index (χ1) is 11.0. The fraction of sp³-hybridized carbons (Fsp3) is 0.125. The van der Waals surface area contributed by atoms with Gasteiger partial charge in [0.2, 0.25) is 0 Å². The highest BCUT2D eigenvalue weighted by Gasteiger charge is 2.10. The molecule has 2 aromatic rings.